The minimum absolute atomic E-state index is 0.130. The summed E-state index contributed by atoms with van der Waals surface area (Å²) in [5, 5.41) is 2.54. The third-order valence-corrected chi connectivity index (χ3v) is 5.82. The molecule has 0 saturated carbocycles. The van der Waals surface area contributed by atoms with Crippen LogP contribution in [0.25, 0.3) is 11.4 Å². The van der Waals surface area contributed by atoms with Gasteiger partial charge in [0.15, 0.2) is 0 Å². The molecule has 0 fully saturated rings. The summed E-state index contributed by atoms with van der Waals surface area (Å²) in [5.74, 6) is 0.652. The fourth-order valence-electron chi connectivity index (χ4n) is 2.28. The Labute approximate surface area is 150 Å². The highest BCUT2D eigenvalue weighted by molar-refractivity contribution is 7.89. The van der Waals surface area contributed by atoms with Crippen molar-refractivity contribution in [3.63, 3.8) is 0 Å². The SMILES string of the molecule is COc1ccc(S(=O)(=O)NCc2nc(-c3ccccn3)cs2)cc1C. The number of thiazole rings is 1. The predicted molar refractivity (Wildman–Crippen MR) is 97.1 cm³/mol. The van der Waals surface area contributed by atoms with Crippen LogP contribution in [0.1, 0.15) is 10.6 Å². The van der Waals surface area contributed by atoms with Gasteiger partial charge in [-0.15, -0.1) is 11.3 Å². The van der Waals surface area contributed by atoms with E-state index in [2.05, 4.69) is 14.7 Å². The molecule has 3 rings (SSSR count). The number of hydrogen-bond donors (Lipinski definition) is 1. The average molecular weight is 375 g/mol. The first kappa shape index (κ1) is 17.5. The number of methoxy groups -OCH3 is 1. The Morgan fingerprint density at radius 2 is 2.04 bits per heavy atom. The standard InChI is InChI=1S/C17H17N3O3S2/c1-12-9-13(6-7-16(12)23-2)25(21,22)19-10-17-20-15(11-24-17)14-5-3-4-8-18-14/h3-9,11,19H,10H2,1-2H3. The number of benzene rings is 1. The average Bonchev–Trinajstić information content (AvgIpc) is 3.10. The first-order valence-corrected chi connectivity index (χ1v) is 9.86. The fourth-order valence-corrected chi connectivity index (χ4v) is 4.17. The van der Waals surface area contributed by atoms with Gasteiger partial charge in [-0.05, 0) is 42.8 Å². The van der Waals surface area contributed by atoms with Gasteiger partial charge in [-0.2, -0.15) is 0 Å². The van der Waals surface area contributed by atoms with Gasteiger partial charge in [-0.25, -0.2) is 18.1 Å². The Morgan fingerprint density at radius 1 is 1.20 bits per heavy atom. The lowest BCUT2D eigenvalue weighted by Gasteiger charge is -2.09. The number of aromatic nitrogens is 2. The van der Waals surface area contributed by atoms with Crippen LogP contribution in [-0.2, 0) is 16.6 Å². The maximum atomic E-state index is 12.4. The van der Waals surface area contributed by atoms with Crippen molar-refractivity contribution in [2.45, 2.75) is 18.4 Å². The lowest BCUT2D eigenvalue weighted by atomic mass is 10.2. The highest BCUT2D eigenvalue weighted by Gasteiger charge is 2.16. The number of nitrogens with zero attached hydrogens (tertiary/aromatic N) is 2. The smallest absolute Gasteiger partial charge is 0.240 e. The molecule has 2 aromatic heterocycles. The monoisotopic (exact) mass is 375 g/mol. The van der Waals surface area contributed by atoms with E-state index in [0.29, 0.717) is 10.8 Å². The maximum absolute atomic E-state index is 12.4. The first-order valence-electron chi connectivity index (χ1n) is 7.50. The Balaban J connectivity index is 1.72. The normalized spacial score (nSPS) is 11.4. The van der Waals surface area contributed by atoms with Gasteiger partial charge in [0.25, 0.3) is 0 Å². The zero-order valence-corrected chi connectivity index (χ0v) is 15.4. The summed E-state index contributed by atoms with van der Waals surface area (Å²) < 4.78 is 32.6. The van der Waals surface area contributed by atoms with Crippen molar-refractivity contribution in [1.82, 2.24) is 14.7 Å². The minimum atomic E-state index is -3.62. The van der Waals surface area contributed by atoms with E-state index in [-0.39, 0.29) is 11.4 Å². The molecule has 1 N–H and O–H groups in total. The van der Waals surface area contributed by atoms with Gasteiger partial charge < -0.3 is 4.74 Å². The number of sulfonamides is 1. The highest BCUT2D eigenvalue weighted by atomic mass is 32.2. The van der Waals surface area contributed by atoms with Crippen LogP contribution in [0.4, 0.5) is 0 Å². The fraction of sp³-hybridized carbons (Fsp3) is 0.176. The van der Waals surface area contributed by atoms with Crippen molar-refractivity contribution < 1.29 is 13.2 Å². The van der Waals surface area contributed by atoms with Crippen LogP contribution in [0.3, 0.4) is 0 Å². The Hall–Kier alpha value is -2.29. The van der Waals surface area contributed by atoms with Gasteiger partial charge in [-0.1, -0.05) is 6.07 Å². The summed E-state index contributed by atoms with van der Waals surface area (Å²) in [6.07, 6.45) is 1.70. The second kappa shape index (κ2) is 7.30. The summed E-state index contributed by atoms with van der Waals surface area (Å²) in [4.78, 5) is 8.87. The molecule has 0 atom stereocenters. The van der Waals surface area contributed by atoms with Crippen molar-refractivity contribution in [1.29, 1.82) is 0 Å². The summed E-state index contributed by atoms with van der Waals surface area (Å²) in [7, 11) is -2.06. The number of pyridine rings is 1. The third-order valence-electron chi connectivity index (χ3n) is 3.57. The lowest BCUT2D eigenvalue weighted by Crippen LogP contribution is -2.23. The second-order valence-electron chi connectivity index (χ2n) is 5.30. The molecule has 0 aliphatic heterocycles. The molecule has 0 aliphatic carbocycles. The minimum Gasteiger partial charge on any atom is -0.496 e. The van der Waals surface area contributed by atoms with Gasteiger partial charge in [0.2, 0.25) is 10.0 Å². The van der Waals surface area contributed by atoms with Crippen molar-refractivity contribution in [3.8, 4) is 17.1 Å². The molecule has 0 radical (unpaired) electrons. The second-order valence-corrected chi connectivity index (χ2v) is 8.01. The molecule has 130 valence electrons. The molecule has 0 unspecified atom stereocenters. The van der Waals surface area contributed by atoms with Gasteiger partial charge in [0, 0.05) is 11.6 Å². The summed E-state index contributed by atoms with van der Waals surface area (Å²) in [5.41, 5.74) is 2.26. The van der Waals surface area contributed by atoms with E-state index in [1.807, 2.05) is 23.6 Å². The number of ether oxygens (including phenoxy) is 1. The molecule has 0 amide bonds. The van der Waals surface area contributed by atoms with Crippen molar-refractivity contribution >= 4 is 21.4 Å². The van der Waals surface area contributed by atoms with Crippen molar-refractivity contribution in [2.75, 3.05) is 7.11 Å². The van der Waals surface area contributed by atoms with E-state index in [1.54, 1.807) is 32.4 Å². The number of nitrogens with one attached hydrogen (secondary N) is 1. The summed E-state index contributed by atoms with van der Waals surface area (Å²) >= 11 is 1.39. The molecule has 0 aliphatic rings. The molecular formula is C17H17N3O3S2. The number of rotatable bonds is 6. The van der Waals surface area contributed by atoms with E-state index < -0.39 is 10.0 Å². The Morgan fingerprint density at radius 3 is 2.72 bits per heavy atom. The number of hydrogen-bond acceptors (Lipinski definition) is 6. The van der Waals surface area contributed by atoms with E-state index in [4.69, 9.17) is 4.74 Å². The van der Waals surface area contributed by atoms with Gasteiger partial charge in [-0.3, -0.25) is 4.98 Å². The topological polar surface area (TPSA) is 81.2 Å². The van der Waals surface area contributed by atoms with Gasteiger partial charge >= 0.3 is 0 Å². The molecule has 1 aromatic carbocycles. The quantitative estimate of drug-likeness (QED) is 0.716. The number of aryl methyl sites for hydroxylation is 1. The van der Waals surface area contributed by atoms with Crippen molar-refractivity contribution in [3.05, 3.63) is 58.5 Å². The van der Waals surface area contributed by atoms with Gasteiger partial charge in [0.1, 0.15) is 10.8 Å². The van der Waals surface area contributed by atoms with E-state index in [0.717, 1.165) is 17.0 Å². The molecule has 0 saturated heterocycles. The predicted octanol–water partition coefficient (Wildman–Crippen LogP) is 3.00. The van der Waals surface area contributed by atoms with Gasteiger partial charge in [0.05, 0.1) is 29.9 Å². The highest BCUT2D eigenvalue weighted by Crippen LogP contribution is 2.22. The molecule has 3 aromatic rings. The van der Waals surface area contributed by atoms with Crippen LogP contribution >= 0.6 is 11.3 Å². The largest absolute Gasteiger partial charge is 0.496 e. The molecule has 0 bridgehead atoms. The van der Waals surface area contributed by atoms with Crippen LogP contribution in [0.5, 0.6) is 5.75 Å². The Kier molecular flexibility index (Phi) is 5.12. The summed E-state index contributed by atoms with van der Waals surface area (Å²) in [6, 6.07) is 10.3. The summed E-state index contributed by atoms with van der Waals surface area (Å²) in [6.45, 7) is 1.93. The molecule has 2 heterocycles. The van der Waals surface area contributed by atoms with Crippen LogP contribution < -0.4 is 9.46 Å². The molecule has 8 heteroatoms. The maximum Gasteiger partial charge on any atom is 0.240 e. The van der Waals surface area contributed by atoms with E-state index in [1.165, 1.54) is 17.4 Å². The molecule has 6 nitrogen and oxygen atoms in total. The molecule has 25 heavy (non-hydrogen) atoms. The Bertz CT molecular complexity index is 970. The first-order chi connectivity index (χ1) is 12.0. The van der Waals surface area contributed by atoms with E-state index in [9.17, 15) is 8.42 Å². The van der Waals surface area contributed by atoms with Crippen molar-refractivity contribution in [2.24, 2.45) is 0 Å². The lowest BCUT2D eigenvalue weighted by molar-refractivity contribution is 0.411. The third kappa shape index (κ3) is 4.04. The molecule has 0 spiro atoms. The van der Waals surface area contributed by atoms with Crippen LogP contribution in [0.2, 0.25) is 0 Å². The molecular weight excluding hydrogens is 358 g/mol. The zero-order chi connectivity index (χ0) is 17.9. The van der Waals surface area contributed by atoms with Crippen LogP contribution in [0, 0.1) is 6.92 Å². The van der Waals surface area contributed by atoms with Crippen LogP contribution in [-0.4, -0.2) is 25.5 Å². The van der Waals surface area contributed by atoms with Crippen LogP contribution in [0.15, 0.2) is 52.9 Å². The van der Waals surface area contributed by atoms with E-state index >= 15 is 0 Å². The zero-order valence-electron chi connectivity index (χ0n) is 13.8.